The minimum atomic E-state index is -3.80. The molecule has 1 aromatic carbocycles. The molecule has 2 N–H and O–H groups in total. The van der Waals surface area contributed by atoms with E-state index >= 15 is 0 Å². The van der Waals surface area contributed by atoms with Gasteiger partial charge in [0, 0.05) is 18.7 Å². The zero-order valence-corrected chi connectivity index (χ0v) is 21.7. The summed E-state index contributed by atoms with van der Waals surface area (Å²) in [6.45, 7) is 4.80. The average Bonchev–Trinajstić information content (AvgIpc) is 3.29. The maximum Gasteiger partial charge on any atom is 0.350 e. The lowest BCUT2D eigenvalue weighted by molar-refractivity contribution is 0.0531. The van der Waals surface area contributed by atoms with Gasteiger partial charge >= 0.3 is 5.97 Å². The number of anilines is 3. The molecule has 2 aromatic heterocycles. The van der Waals surface area contributed by atoms with Crippen LogP contribution in [-0.4, -0.2) is 48.4 Å². The normalized spacial score (nSPS) is 15.8. The number of carbonyl (C=O) groups excluding carboxylic acids is 2. The van der Waals surface area contributed by atoms with E-state index in [-0.39, 0.29) is 23.0 Å². The second-order valence-electron chi connectivity index (χ2n) is 8.21. The molecule has 4 heterocycles. The van der Waals surface area contributed by atoms with Crippen LogP contribution in [0.2, 0.25) is 5.15 Å². The number of carbonyl (C=O) groups is 2. The fraction of sp³-hybridized carbons (Fsp3) is 0.318. The van der Waals surface area contributed by atoms with Crippen LogP contribution >= 0.6 is 22.9 Å². The minimum absolute atomic E-state index is 0.0203. The zero-order chi connectivity index (χ0) is 25.6. The summed E-state index contributed by atoms with van der Waals surface area (Å²) in [5.41, 5.74) is 2.23. The molecule has 0 saturated heterocycles. The summed E-state index contributed by atoms with van der Waals surface area (Å²) in [7, 11) is -3.80. The topological polar surface area (TPSA) is 143 Å². The SMILES string of the molecule is CCOC(=O)c1sc(Nc2nc(Cl)c3c(n2)N(Cc2ccc4c(c2)C(=O)NS4(=O)=O)CCC3)nc1C. The maximum atomic E-state index is 12.1. The van der Waals surface area contributed by atoms with Gasteiger partial charge in [0.05, 0.1) is 17.9 Å². The Hall–Kier alpha value is -3.29. The van der Waals surface area contributed by atoms with Gasteiger partial charge in [-0.15, -0.1) is 0 Å². The molecule has 0 unspecified atom stereocenters. The number of nitrogens with one attached hydrogen (secondary N) is 2. The number of sulfonamides is 1. The molecule has 2 aliphatic rings. The molecule has 0 aliphatic carbocycles. The van der Waals surface area contributed by atoms with Gasteiger partial charge in [-0.1, -0.05) is 29.0 Å². The number of halogens is 1. The summed E-state index contributed by atoms with van der Waals surface area (Å²) in [6.07, 6.45) is 1.54. The Morgan fingerprint density at radius 3 is 2.89 bits per heavy atom. The van der Waals surface area contributed by atoms with E-state index in [0.717, 1.165) is 28.9 Å². The number of hydrogen-bond donors (Lipinski definition) is 2. The molecule has 0 fully saturated rings. The van der Waals surface area contributed by atoms with E-state index in [1.165, 1.54) is 6.07 Å². The van der Waals surface area contributed by atoms with E-state index in [2.05, 4.69) is 20.3 Å². The first-order chi connectivity index (χ1) is 17.2. The summed E-state index contributed by atoms with van der Waals surface area (Å²) in [5.74, 6) is -0.204. The molecule has 0 spiro atoms. The number of aromatic nitrogens is 3. The van der Waals surface area contributed by atoms with Gasteiger partial charge in [0.2, 0.25) is 5.95 Å². The highest BCUT2D eigenvalue weighted by molar-refractivity contribution is 7.90. The molecular weight excluding hydrogens is 528 g/mol. The van der Waals surface area contributed by atoms with Crippen LogP contribution < -0.4 is 14.9 Å². The number of amides is 1. The van der Waals surface area contributed by atoms with Gasteiger partial charge in [0.1, 0.15) is 20.7 Å². The average molecular weight is 549 g/mol. The van der Waals surface area contributed by atoms with Gasteiger partial charge in [0.15, 0.2) is 5.13 Å². The molecular formula is C22H21ClN6O5S2. The molecule has 36 heavy (non-hydrogen) atoms. The largest absolute Gasteiger partial charge is 0.462 e. The summed E-state index contributed by atoms with van der Waals surface area (Å²) in [4.78, 5) is 40.0. The van der Waals surface area contributed by atoms with Crippen molar-refractivity contribution in [3.05, 3.63) is 50.6 Å². The van der Waals surface area contributed by atoms with Crippen molar-refractivity contribution in [2.24, 2.45) is 0 Å². The number of ether oxygens (including phenoxy) is 1. The molecule has 2 aliphatic heterocycles. The van der Waals surface area contributed by atoms with Crippen LogP contribution in [0, 0.1) is 6.92 Å². The van der Waals surface area contributed by atoms with Crippen LogP contribution in [0.25, 0.3) is 0 Å². The summed E-state index contributed by atoms with van der Waals surface area (Å²) in [5, 5.41) is 3.77. The van der Waals surface area contributed by atoms with E-state index < -0.39 is 21.9 Å². The summed E-state index contributed by atoms with van der Waals surface area (Å²) in [6, 6.07) is 4.71. The van der Waals surface area contributed by atoms with Crippen molar-refractivity contribution in [3.63, 3.8) is 0 Å². The lowest BCUT2D eigenvalue weighted by Crippen LogP contribution is -2.30. The number of fused-ring (bicyclic) bond motifs is 2. The van der Waals surface area contributed by atoms with Gasteiger partial charge in [-0.2, -0.15) is 4.98 Å². The van der Waals surface area contributed by atoms with Gasteiger partial charge in [0.25, 0.3) is 15.9 Å². The highest BCUT2D eigenvalue weighted by atomic mass is 35.5. The highest BCUT2D eigenvalue weighted by Gasteiger charge is 2.33. The molecule has 0 atom stereocenters. The van der Waals surface area contributed by atoms with Gasteiger partial charge in [-0.05, 0) is 44.4 Å². The van der Waals surface area contributed by atoms with E-state index in [9.17, 15) is 18.0 Å². The van der Waals surface area contributed by atoms with E-state index in [4.69, 9.17) is 16.3 Å². The molecule has 14 heteroatoms. The van der Waals surface area contributed by atoms with E-state index in [0.29, 0.717) is 46.2 Å². The molecule has 0 bridgehead atoms. The van der Waals surface area contributed by atoms with Crippen LogP contribution in [0.5, 0.6) is 0 Å². The number of nitrogens with zero attached hydrogens (tertiary/aromatic N) is 4. The molecule has 5 rings (SSSR count). The summed E-state index contributed by atoms with van der Waals surface area (Å²) >= 11 is 7.65. The number of aryl methyl sites for hydroxylation is 1. The Labute approximate surface area is 215 Å². The first-order valence-corrected chi connectivity index (χ1v) is 13.8. The molecule has 11 nitrogen and oxygen atoms in total. The van der Waals surface area contributed by atoms with Gasteiger partial charge in [-0.25, -0.2) is 27.9 Å². The molecule has 188 valence electrons. The maximum absolute atomic E-state index is 12.1. The zero-order valence-electron chi connectivity index (χ0n) is 19.3. The predicted molar refractivity (Wildman–Crippen MR) is 134 cm³/mol. The first-order valence-electron chi connectivity index (χ1n) is 11.1. The number of hydrogen-bond acceptors (Lipinski definition) is 11. The van der Waals surface area contributed by atoms with Crippen LogP contribution in [0.4, 0.5) is 16.9 Å². The second-order valence-corrected chi connectivity index (χ2v) is 11.2. The van der Waals surface area contributed by atoms with Crippen LogP contribution in [-0.2, 0) is 27.7 Å². The first kappa shape index (κ1) is 24.4. The van der Waals surface area contributed by atoms with Crippen LogP contribution in [0.3, 0.4) is 0 Å². The minimum Gasteiger partial charge on any atom is -0.462 e. The van der Waals surface area contributed by atoms with Crippen molar-refractivity contribution in [2.45, 2.75) is 38.1 Å². The summed E-state index contributed by atoms with van der Waals surface area (Å²) < 4.78 is 31.1. The third-order valence-corrected chi connectivity index (χ3v) is 8.50. The van der Waals surface area contributed by atoms with Crippen molar-refractivity contribution in [1.29, 1.82) is 0 Å². The molecule has 0 saturated carbocycles. The number of esters is 1. The molecule has 3 aromatic rings. The lowest BCUT2D eigenvalue weighted by Gasteiger charge is -2.30. The molecule has 1 amide bonds. The Bertz CT molecular complexity index is 1510. The second kappa shape index (κ2) is 9.30. The van der Waals surface area contributed by atoms with Gasteiger partial charge < -0.3 is 9.64 Å². The fourth-order valence-electron chi connectivity index (χ4n) is 4.16. The van der Waals surface area contributed by atoms with Crippen LogP contribution in [0.1, 0.15) is 50.2 Å². The van der Waals surface area contributed by atoms with Crippen molar-refractivity contribution >= 4 is 61.7 Å². The Morgan fingerprint density at radius 2 is 2.11 bits per heavy atom. The standard InChI is InChI=1S/C22H21ClN6O5S2/c1-3-34-20(31)16-11(2)24-22(35-16)27-21-25-17(23)13-5-4-8-29(18(13)26-21)10-12-6-7-15-14(9-12)19(30)28-36(15,32)33/h6-7,9H,3-5,8,10H2,1-2H3,(H,28,30)(H,24,25,26,27). The quantitative estimate of drug-likeness (QED) is 0.348. The van der Waals surface area contributed by atoms with Crippen molar-refractivity contribution in [3.8, 4) is 0 Å². The monoisotopic (exact) mass is 548 g/mol. The number of rotatable bonds is 6. The number of thiazole rings is 1. The predicted octanol–water partition coefficient (Wildman–Crippen LogP) is 3.20. The van der Waals surface area contributed by atoms with Crippen molar-refractivity contribution in [1.82, 2.24) is 19.7 Å². The highest BCUT2D eigenvalue weighted by Crippen LogP contribution is 2.34. The third kappa shape index (κ3) is 4.49. The van der Waals surface area contributed by atoms with Crippen LogP contribution in [0.15, 0.2) is 23.1 Å². The number of benzene rings is 1. The Balaban J connectivity index is 1.42. The van der Waals surface area contributed by atoms with Crippen molar-refractivity contribution in [2.75, 3.05) is 23.4 Å². The smallest absolute Gasteiger partial charge is 0.350 e. The Kier molecular flexibility index (Phi) is 6.30. The van der Waals surface area contributed by atoms with E-state index in [1.807, 2.05) is 9.62 Å². The third-order valence-electron chi connectivity index (χ3n) is 5.74. The fourth-order valence-corrected chi connectivity index (χ4v) is 6.42. The van der Waals surface area contributed by atoms with Crippen molar-refractivity contribution < 1.29 is 22.7 Å². The van der Waals surface area contributed by atoms with Gasteiger partial charge in [-0.3, -0.25) is 10.1 Å². The Morgan fingerprint density at radius 1 is 1.31 bits per heavy atom. The lowest BCUT2D eigenvalue weighted by atomic mass is 10.1. The van der Waals surface area contributed by atoms with E-state index in [1.54, 1.807) is 26.0 Å². The molecule has 0 radical (unpaired) electrons.